The maximum Gasteiger partial charge on any atom is 0.257 e. The van der Waals surface area contributed by atoms with Crippen LogP contribution >= 0.6 is 0 Å². The van der Waals surface area contributed by atoms with Gasteiger partial charge >= 0.3 is 0 Å². The molecule has 0 aromatic heterocycles. The van der Waals surface area contributed by atoms with E-state index in [0.717, 1.165) is 31.6 Å². The van der Waals surface area contributed by atoms with Gasteiger partial charge in [-0.05, 0) is 37.6 Å². The first-order valence-electron chi connectivity index (χ1n) is 6.88. The number of nitrogens with one attached hydrogen (secondary N) is 1. The SMILES string of the molecule is CCCCCNC(=O)COc1ccc(OCC)cc1. The van der Waals surface area contributed by atoms with Crippen LogP contribution in [0.15, 0.2) is 24.3 Å². The molecule has 0 radical (unpaired) electrons. The van der Waals surface area contributed by atoms with E-state index in [1.807, 2.05) is 19.1 Å². The molecule has 0 unspecified atom stereocenters. The van der Waals surface area contributed by atoms with Crippen LogP contribution in [0.1, 0.15) is 33.1 Å². The molecule has 1 amide bonds. The normalized spacial score (nSPS) is 10.0. The zero-order valence-corrected chi connectivity index (χ0v) is 11.8. The number of rotatable bonds is 9. The summed E-state index contributed by atoms with van der Waals surface area (Å²) in [4.78, 5) is 11.5. The molecule has 0 bridgehead atoms. The Morgan fingerprint density at radius 2 is 1.68 bits per heavy atom. The van der Waals surface area contributed by atoms with Crippen molar-refractivity contribution < 1.29 is 14.3 Å². The van der Waals surface area contributed by atoms with Crippen LogP contribution in [0.25, 0.3) is 0 Å². The van der Waals surface area contributed by atoms with Gasteiger partial charge in [0.05, 0.1) is 6.61 Å². The highest BCUT2D eigenvalue weighted by molar-refractivity contribution is 5.77. The van der Waals surface area contributed by atoms with Crippen molar-refractivity contribution in [1.82, 2.24) is 5.32 Å². The maximum absolute atomic E-state index is 11.5. The molecule has 0 atom stereocenters. The Morgan fingerprint density at radius 3 is 2.26 bits per heavy atom. The molecule has 1 rings (SSSR count). The molecule has 0 saturated carbocycles. The molecule has 0 fully saturated rings. The number of ether oxygens (including phenoxy) is 2. The van der Waals surface area contributed by atoms with E-state index in [1.54, 1.807) is 12.1 Å². The summed E-state index contributed by atoms with van der Waals surface area (Å²) in [5, 5.41) is 2.83. The van der Waals surface area contributed by atoms with Crippen LogP contribution in [-0.2, 0) is 4.79 Å². The molecular weight excluding hydrogens is 242 g/mol. The van der Waals surface area contributed by atoms with Gasteiger partial charge in [0.15, 0.2) is 6.61 Å². The molecule has 0 spiro atoms. The van der Waals surface area contributed by atoms with E-state index < -0.39 is 0 Å². The van der Waals surface area contributed by atoms with Crippen LogP contribution in [0.5, 0.6) is 11.5 Å². The van der Waals surface area contributed by atoms with Gasteiger partial charge in [-0.15, -0.1) is 0 Å². The summed E-state index contributed by atoms with van der Waals surface area (Å²) in [5.41, 5.74) is 0. The van der Waals surface area contributed by atoms with Gasteiger partial charge in [-0.25, -0.2) is 0 Å². The lowest BCUT2D eigenvalue weighted by atomic mass is 10.2. The number of carbonyl (C=O) groups excluding carboxylic acids is 1. The van der Waals surface area contributed by atoms with Crippen LogP contribution in [0.4, 0.5) is 0 Å². The fraction of sp³-hybridized carbons (Fsp3) is 0.533. The van der Waals surface area contributed by atoms with Crippen molar-refractivity contribution in [2.24, 2.45) is 0 Å². The number of hydrogen-bond acceptors (Lipinski definition) is 3. The quantitative estimate of drug-likeness (QED) is 0.698. The maximum atomic E-state index is 11.5. The first-order chi connectivity index (χ1) is 9.26. The standard InChI is InChI=1S/C15H23NO3/c1-3-5-6-11-16-15(17)12-19-14-9-7-13(8-10-14)18-4-2/h7-10H,3-6,11-12H2,1-2H3,(H,16,17). The van der Waals surface area contributed by atoms with Crippen LogP contribution in [0, 0.1) is 0 Å². The van der Waals surface area contributed by atoms with Gasteiger partial charge in [-0.3, -0.25) is 4.79 Å². The molecular formula is C15H23NO3. The zero-order valence-electron chi connectivity index (χ0n) is 11.8. The number of benzene rings is 1. The lowest BCUT2D eigenvalue weighted by Gasteiger charge is -2.08. The molecule has 4 nitrogen and oxygen atoms in total. The topological polar surface area (TPSA) is 47.6 Å². The zero-order chi connectivity index (χ0) is 13.9. The van der Waals surface area contributed by atoms with Crippen molar-refractivity contribution in [2.45, 2.75) is 33.1 Å². The molecule has 1 aromatic rings. The van der Waals surface area contributed by atoms with E-state index in [9.17, 15) is 4.79 Å². The molecule has 0 heterocycles. The lowest BCUT2D eigenvalue weighted by molar-refractivity contribution is -0.123. The highest BCUT2D eigenvalue weighted by atomic mass is 16.5. The Kier molecular flexibility index (Phi) is 7.47. The van der Waals surface area contributed by atoms with E-state index in [0.29, 0.717) is 12.4 Å². The van der Waals surface area contributed by atoms with Crippen molar-refractivity contribution >= 4 is 5.91 Å². The molecule has 1 aromatic carbocycles. The summed E-state index contributed by atoms with van der Waals surface area (Å²) < 4.78 is 10.7. The van der Waals surface area contributed by atoms with Gasteiger partial charge in [-0.2, -0.15) is 0 Å². The summed E-state index contributed by atoms with van der Waals surface area (Å²) in [5.74, 6) is 1.40. The Labute approximate surface area is 115 Å². The Balaban J connectivity index is 2.22. The molecule has 0 aliphatic heterocycles. The molecule has 0 aliphatic rings. The summed E-state index contributed by atoms with van der Waals surface area (Å²) in [6.45, 7) is 5.49. The van der Waals surface area contributed by atoms with Crippen molar-refractivity contribution in [1.29, 1.82) is 0 Å². The number of carbonyl (C=O) groups is 1. The van der Waals surface area contributed by atoms with E-state index in [1.165, 1.54) is 0 Å². The highest BCUT2D eigenvalue weighted by Crippen LogP contribution is 2.17. The lowest BCUT2D eigenvalue weighted by Crippen LogP contribution is -2.29. The molecule has 1 N–H and O–H groups in total. The summed E-state index contributed by atoms with van der Waals surface area (Å²) in [6, 6.07) is 7.26. The van der Waals surface area contributed by atoms with Crippen LogP contribution in [0.3, 0.4) is 0 Å². The minimum atomic E-state index is -0.0787. The Hall–Kier alpha value is -1.71. The first kappa shape index (κ1) is 15.3. The van der Waals surface area contributed by atoms with Gasteiger partial charge in [0.25, 0.3) is 5.91 Å². The van der Waals surface area contributed by atoms with Crippen molar-refractivity contribution in [3.8, 4) is 11.5 Å². The smallest absolute Gasteiger partial charge is 0.257 e. The van der Waals surface area contributed by atoms with E-state index >= 15 is 0 Å². The Morgan fingerprint density at radius 1 is 1.05 bits per heavy atom. The minimum Gasteiger partial charge on any atom is -0.494 e. The van der Waals surface area contributed by atoms with E-state index in [2.05, 4.69) is 12.2 Å². The van der Waals surface area contributed by atoms with Crippen LogP contribution in [-0.4, -0.2) is 25.7 Å². The van der Waals surface area contributed by atoms with Gasteiger partial charge < -0.3 is 14.8 Å². The molecule has 106 valence electrons. The van der Waals surface area contributed by atoms with Crippen molar-refractivity contribution in [2.75, 3.05) is 19.8 Å². The summed E-state index contributed by atoms with van der Waals surface area (Å²) in [7, 11) is 0. The number of hydrogen-bond donors (Lipinski definition) is 1. The third-order valence-corrected chi connectivity index (χ3v) is 2.61. The predicted octanol–water partition coefficient (Wildman–Crippen LogP) is 2.77. The fourth-order valence-electron chi connectivity index (χ4n) is 1.60. The van der Waals surface area contributed by atoms with Crippen molar-refractivity contribution in [3.63, 3.8) is 0 Å². The fourth-order valence-corrected chi connectivity index (χ4v) is 1.60. The highest BCUT2D eigenvalue weighted by Gasteiger charge is 2.02. The Bertz CT molecular complexity index is 362. The predicted molar refractivity (Wildman–Crippen MR) is 75.6 cm³/mol. The van der Waals surface area contributed by atoms with E-state index in [-0.39, 0.29) is 12.5 Å². The summed E-state index contributed by atoms with van der Waals surface area (Å²) >= 11 is 0. The molecule has 19 heavy (non-hydrogen) atoms. The van der Waals surface area contributed by atoms with Gasteiger partial charge in [0, 0.05) is 6.54 Å². The summed E-state index contributed by atoms with van der Waals surface area (Å²) in [6.07, 6.45) is 3.31. The van der Waals surface area contributed by atoms with Gasteiger partial charge in [0.2, 0.25) is 0 Å². The molecule has 4 heteroatoms. The monoisotopic (exact) mass is 265 g/mol. The van der Waals surface area contributed by atoms with Gasteiger partial charge in [-0.1, -0.05) is 19.8 Å². The second-order valence-corrected chi connectivity index (χ2v) is 4.25. The first-order valence-corrected chi connectivity index (χ1v) is 6.88. The second kappa shape index (κ2) is 9.25. The number of amides is 1. The average molecular weight is 265 g/mol. The third kappa shape index (κ3) is 6.70. The van der Waals surface area contributed by atoms with Crippen LogP contribution < -0.4 is 14.8 Å². The average Bonchev–Trinajstić information content (AvgIpc) is 2.43. The van der Waals surface area contributed by atoms with Crippen molar-refractivity contribution in [3.05, 3.63) is 24.3 Å². The van der Waals surface area contributed by atoms with Gasteiger partial charge in [0.1, 0.15) is 11.5 Å². The van der Waals surface area contributed by atoms with Crippen LogP contribution in [0.2, 0.25) is 0 Å². The minimum absolute atomic E-state index is 0.0557. The largest absolute Gasteiger partial charge is 0.494 e. The number of unbranched alkanes of at least 4 members (excludes halogenated alkanes) is 2. The molecule has 0 aliphatic carbocycles. The van der Waals surface area contributed by atoms with E-state index in [4.69, 9.17) is 9.47 Å². The molecule has 0 saturated heterocycles. The second-order valence-electron chi connectivity index (χ2n) is 4.25. The third-order valence-electron chi connectivity index (χ3n) is 2.61.